The summed E-state index contributed by atoms with van der Waals surface area (Å²) in [5, 5.41) is 0. The maximum atomic E-state index is 12.8. The SMILES string of the molecule is CC(C)(OC(=O)c1ccc([S+](c2ccccc2)c2ccccc2)cc1)C1=CCCC1. The fourth-order valence-electron chi connectivity index (χ4n) is 3.82. The zero-order chi connectivity index (χ0) is 21.0. The lowest BCUT2D eigenvalue weighted by Gasteiger charge is -2.27. The average Bonchev–Trinajstić information content (AvgIpc) is 3.32. The number of benzene rings is 3. The molecule has 0 aliphatic heterocycles. The van der Waals surface area contributed by atoms with Gasteiger partial charge in [-0.05, 0) is 87.2 Å². The molecule has 0 radical (unpaired) electrons. The van der Waals surface area contributed by atoms with Crippen molar-refractivity contribution < 1.29 is 9.53 Å². The predicted molar refractivity (Wildman–Crippen MR) is 123 cm³/mol. The average molecular weight is 416 g/mol. The number of carbonyl (C=O) groups excluding carboxylic acids is 1. The summed E-state index contributed by atoms with van der Waals surface area (Å²) in [6.45, 7) is 3.97. The summed E-state index contributed by atoms with van der Waals surface area (Å²) in [7, 11) is -0.218. The molecule has 30 heavy (non-hydrogen) atoms. The number of esters is 1. The molecule has 0 aromatic heterocycles. The van der Waals surface area contributed by atoms with E-state index in [1.807, 2.05) is 38.1 Å². The molecule has 4 rings (SSSR count). The highest BCUT2D eigenvalue weighted by molar-refractivity contribution is 7.97. The molecule has 0 bridgehead atoms. The zero-order valence-corrected chi connectivity index (χ0v) is 18.3. The van der Waals surface area contributed by atoms with Crippen LogP contribution in [0.4, 0.5) is 0 Å². The molecule has 0 unspecified atom stereocenters. The van der Waals surface area contributed by atoms with Gasteiger partial charge in [0.2, 0.25) is 0 Å². The van der Waals surface area contributed by atoms with Gasteiger partial charge in [-0.25, -0.2) is 4.79 Å². The fourth-order valence-corrected chi connectivity index (χ4v) is 5.91. The first-order valence-electron chi connectivity index (χ1n) is 10.4. The number of allylic oxidation sites excluding steroid dienone is 1. The molecular weight excluding hydrogens is 388 g/mol. The molecule has 0 saturated heterocycles. The van der Waals surface area contributed by atoms with E-state index in [1.54, 1.807) is 0 Å². The number of hydrogen-bond donors (Lipinski definition) is 0. The van der Waals surface area contributed by atoms with Gasteiger partial charge in [0, 0.05) is 0 Å². The summed E-state index contributed by atoms with van der Waals surface area (Å²) >= 11 is 0. The molecule has 0 heterocycles. The third-order valence-corrected chi connectivity index (χ3v) is 7.68. The Morgan fingerprint density at radius 2 is 1.33 bits per heavy atom. The van der Waals surface area contributed by atoms with Crippen LogP contribution in [0.25, 0.3) is 0 Å². The normalized spacial score (nSPS) is 13.9. The van der Waals surface area contributed by atoms with Gasteiger partial charge < -0.3 is 4.74 Å². The van der Waals surface area contributed by atoms with Crippen molar-refractivity contribution in [2.45, 2.75) is 53.4 Å². The van der Waals surface area contributed by atoms with Crippen LogP contribution in [-0.4, -0.2) is 11.6 Å². The number of rotatable bonds is 6. The van der Waals surface area contributed by atoms with Crippen LogP contribution in [0.1, 0.15) is 43.5 Å². The lowest BCUT2D eigenvalue weighted by molar-refractivity contribution is 0.0126. The third kappa shape index (κ3) is 4.52. The van der Waals surface area contributed by atoms with E-state index in [2.05, 4.69) is 66.7 Å². The standard InChI is InChI=1S/C27H27O2S/c1-27(2,22-11-9-10-12-22)29-26(28)21-17-19-25(20-18-21)30(23-13-5-3-6-14-23)24-15-7-4-8-16-24/h3-8,11,13-20H,9-10,12H2,1-2H3/q+1. The van der Waals surface area contributed by atoms with E-state index in [0.29, 0.717) is 5.56 Å². The van der Waals surface area contributed by atoms with E-state index in [0.717, 1.165) is 19.3 Å². The molecule has 0 spiro atoms. The Bertz CT molecular complexity index is 982. The smallest absolute Gasteiger partial charge is 0.338 e. The first kappa shape index (κ1) is 20.5. The maximum Gasteiger partial charge on any atom is 0.338 e. The zero-order valence-electron chi connectivity index (χ0n) is 17.5. The van der Waals surface area contributed by atoms with Crippen LogP contribution >= 0.6 is 0 Å². The Labute approximate surface area is 182 Å². The number of carbonyl (C=O) groups is 1. The van der Waals surface area contributed by atoms with E-state index in [-0.39, 0.29) is 16.9 Å². The first-order chi connectivity index (χ1) is 14.5. The summed E-state index contributed by atoms with van der Waals surface area (Å²) in [6, 6.07) is 28.9. The van der Waals surface area contributed by atoms with Gasteiger partial charge in [-0.2, -0.15) is 0 Å². The van der Waals surface area contributed by atoms with Gasteiger partial charge in [0.15, 0.2) is 14.7 Å². The van der Waals surface area contributed by atoms with Crippen LogP contribution in [0.3, 0.4) is 0 Å². The molecule has 3 heteroatoms. The monoisotopic (exact) mass is 415 g/mol. The second-order valence-corrected chi connectivity index (χ2v) is 10.0. The quantitative estimate of drug-likeness (QED) is 0.251. The molecule has 1 aliphatic carbocycles. The lowest BCUT2D eigenvalue weighted by Crippen LogP contribution is -2.30. The highest BCUT2D eigenvalue weighted by atomic mass is 32.2. The van der Waals surface area contributed by atoms with Crippen LogP contribution in [0, 0.1) is 0 Å². The van der Waals surface area contributed by atoms with E-state index in [9.17, 15) is 4.79 Å². The van der Waals surface area contributed by atoms with Crippen LogP contribution in [-0.2, 0) is 15.6 Å². The summed E-state index contributed by atoms with van der Waals surface area (Å²) in [4.78, 5) is 16.5. The van der Waals surface area contributed by atoms with Gasteiger partial charge in [-0.3, -0.25) is 0 Å². The van der Waals surface area contributed by atoms with Crippen molar-refractivity contribution in [2.24, 2.45) is 0 Å². The summed E-state index contributed by atoms with van der Waals surface area (Å²) in [5.74, 6) is -0.265. The summed E-state index contributed by atoms with van der Waals surface area (Å²) in [5.41, 5.74) is 1.27. The van der Waals surface area contributed by atoms with Gasteiger partial charge in [0.05, 0.1) is 16.5 Å². The third-order valence-electron chi connectivity index (χ3n) is 5.45. The molecular formula is C27H27O2S+. The molecule has 1 aliphatic rings. The summed E-state index contributed by atoms with van der Waals surface area (Å²) < 4.78 is 5.87. The Hall–Kier alpha value is -2.78. The Kier molecular flexibility index (Phi) is 6.10. The second-order valence-electron chi connectivity index (χ2n) is 7.98. The molecule has 0 N–H and O–H groups in total. The van der Waals surface area contributed by atoms with Crippen molar-refractivity contribution in [2.75, 3.05) is 0 Å². The van der Waals surface area contributed by atoms with Gasteiger partial charge in [0.25, 0.3) is 0 Å². The maximum absolute atomic E-state index is 12.8. The molecule has 0 amide bonds. The van der Waals surface area contributed by atoms with Crippen LogP contribution < -0.4 is 0 Å². The van der Waals surface area contributed by atoms with Crippen molar-refractivity contribution in [1.29, 1.82) is 0 Å². The fraction of sp³-hybridized carbons (Fsp3) is 0.222. The largest absolute Gasteiger partial charge is 0.452 e. The van der Waals surface area contributed by atoms with E-state index >= 15 is 0 Å². The van der Waals surface area contributed by atoms with Crippen molar-refractivity contribution in [3.8, 4) is 0 Å². The minimum atomic E-state index is -0.551. The lowest BCUT2D eigenvalue weighted by atomic mass is 9.97. The van der Waals surface area contributed by atoms with Gasteiger partial charge in [-0.1, -0.05) is 42.5 Å². The summed E-state index contributed by atoms with van der Waals surface area (Å²) in [6.07, 6.45) is 5.44. The number of hydrogen-bond acceptors (Lipinski definition) is 2. The highest BCUT2D eigenvalue weighted by Gasteiger charge is 2.31. The van der Waals surface area contributed by atoms with Crippen molar-refractivity contribution in [1.82, 2.24) is 0 Å². The molecule has 2 nitrogen and oxygen atoms in total. The van der Waals surface area contributed by atoms with Gasteiger partial charge in [-0.15, -0.1) is 0 Å². The van der Waals surface area contributed by atoms with Crippen molar-refractivity contribution >= 4 is 16.9 Å². The molecule has 3 aromatic carbocycles. The Morgan fingerprint density at radius 1 is 0.800 bits per heavy atom. The molecule has 3 aromatic rings. The molecule has 0 saturated carbocycles. The van der Waals surface area contributed by atoms with E-state index in [1.165, 1.54) is 20.3 Å². The Morgan fingerprint density at radius 3 is 1.83 bits per heavy atom. The topological polar surface area (TPSA) is 26.3 Å². The Balaban J connectivity index is 1.59. The van der Waals surface area contributed by atoms with Gasteiger partial charge in [0.1, 0.15) is 5.60 Å². The number of ether oxygens (including phenoxy) is 1. The van der Waals surface area contributed by atoms with E-state index in [4.69, 9.17) is 4.74 Å². The van der Waals surface area contributed by atoms with Crippen LogP contribution in [0.15, 0.2) is 111 Å². The second kappa shape index (κ2) is 8.93. The van der Waals surface area contributed by atoms with Gasteiger partial charge >= 0.3 is 5.97 Å². The predicted octanol–water partition coefficient (Wildman–Crippen LogP) is 6.83. The van der Waals surface area contributed by atoms with Crippen molar-refractivity contribution in [3.63, 3.8) is 0 Å². The first-order valence-corrected chi connectivity index (χ1v) is 11.6. The molecule has 0 atom stereocenters. The van der Waals surface area contributed by atoms with E-state index < -0.39 is 5.60 Å². The minimum absolute atomic E-state index is 0.218. The van der Waals surface area contributed by atoms with Crippen LogP contribution in [0.2, 0.25) is 0 Å². The molecule has 152 valence electrons. The van der Waals surface area contributed by atoms with Crippen LogP contribution in [0.5, 0.6) is 0 Å². The van der Waals surface area contributed by atoms with Crippen molar-refractivity contribution in [3.05, 3.63) is 102 Å². The highest BCUT2D eigenvalue weighted by Crippen LogP contribution is 2.33. The molecule has 0 fully saturated rings. The minimum Gasteiger partial charge on any atom is -0.452 e.